The molecule has 1 aliphatic rings. The molecule has 1 N–H and O–H groups in total. The van der Waals surface area contributed by atoms with Crippen LogP contribution in [0, 0.1) is 10.1 Å². The molecule has 0 saturated carbocycles. The Balaban J connectivity index is 2.20. The van der Waals surface area contributed by atoms with Crippen LogP contribution in [-0.2, 0) is 10.0 Å². The zero-order valence-corrected chi connectivity index (χ0v) is 9.11. The quantitative estimate of drug-likeness (QED) is 0.617. The summed E-state index contributed by atoms with van der Waals surface area (Å²) in [6.45, 7) is 0. The Morgan fingerprint density at radius 2 is 1.94 bits per heavy atom. The van der Waals surface area contributed by atoms with Crippen LogP contribution in [0.5, 0.6) is 0 Å². The molecule has 1 heterocycles. The normalized spacial score (nSPS) is 23.1. The Bertz CT molecular complexity index is 509. The molecule has 1 aliphatic heterocycles. The van der Waals surface area contributed by atoms with Crippen molar-refractivity contribution in [3.63, 3.8) is 0 Å². The third-order valence-corrected chi connectivity index (χ3v) is 3.92. The monoisotopic (exact) mass is 242 g/mol. The summed E-state index contributed by atoms with van der Waals surface area (Å²) in [6, 6.07) is 5.66. The molecule has 1 saturated heterocycles. The van der Waals surface area contributed by atoms with E-state index in [2.05, 4.69) is 4.72 Å². The van der Waals surface area contributed by atoms with Crippen LogP contribution in [0.2, 0.25) is 0 Å². The highest BCUT2D eigenvalue weighted by molar-refractivity contribution is 7.89. The number of benzene rings is 1. The Morgan fingerprint density at radius 3 is 2.38 bits per heavy atom. The zero-order valence-electron chi connectivity index (χ0n) is 8.29. The molecule has 1 unspecified atom stereocenters. The van der Waals surface area contributed by atoms with Crippen molar-refractivity contribution in [1.29, 1.82) is 0 Å². The maximum absolute atomic E-state index is 11.2. The number of nitrogens with zero attached hydrogens (tertiary/aromatic N) is 1. The van der Waals surface area contributed by atoms with Crippen LogP contribution >= 0.6 is 0 Å². The Morgan fingerprint density at radius 1 is 1.31 bits per heavy atom. The molecule has 1 atom stereocenters. The van der Waals surface area contributed by atoms with Gasteiger partial charge in [0.25, 0.3) is 5.69 Å². The molecule has 0 aliphatic carbocycles. The molecule has 16 heavy (non-hydrogen) atoms. The second kappa shape index (κ2) is 3.84. The van der Waals surface area contributed by atoms with Gasteiger partial charge >= 0.3 is 0 Å². The lowest BCUT2D eigenvalue weighted by Gasteiger charge is -2.08. The van der Waals surface area contributed by atoms with E-state index in [-0.39, 0.29) is 17.5 Å². The minimum Gasteiger partial charge on any atom is -0.258 e. The number of rotatable bonds is 2. The van der Waals surface area contributed by atoms with Crippen molar-refractivity contribution >= 4 is 15.7 Å². The molecular formula is C9H10N2O4S. The smallest absolute Gasteiger partial charge is 0.258 e. The second-order valence-electron chi connectivity index (χ2n) is 3.63. The van der Waals surface area contributed by atoms with Gasteiger partial charge in [0.1, 0.15) is 0 Å². The third kappa shape index (κ3) is 2.20. The summed E-state index contributed by atoms with van der Waals surface area (Å²) in [5, 5.41) is 10.4. The molecule has 0 spiro atoms. The zero-order chi connectivity index (χ0) is 11.8. The number of nitrogens with one attached hydrogen (secondary N) is 1. The maximum Gasteiger partial charge on any atom is 0.269 e. The Kier molecular flexibility index (Phi) is 2.64. The minimum absolute atomic E-state index is 0.00426. The van der Waals surface area contributed by atoms with Crippen LogP contribution in [0.15, 0.2) is 24.3 Å². The van der Waals surface area contributed by atoms with Crippen molar-refractivity contribution in [2.24, 2.45) is 0 Å². The van der Waals surface area contributed by atoms with E-state index in [0.29, 0.717) is 6.42 Å². The highest BCUT2D eigenvalue weighted by Crippen LogP contribution is 2.25. The molecule has 2 rings (SSSR count). The molecule has 1 fully saturated rings. The lowest BCUT2D eigenvalue weighted by atomic mass is 10.1. The molecule has 0 amide bonds. The van der Waals surface area contributed by atoms with Crippen LogP contribution in [0.1, 0.15) is 18.0 Å². The van der Waals surface area contributed by atoms with Crippen LogP contribution in [0.3, 0.4) is 0 Å². The molecular weight excluding hydrogens is 232 g/mol. The fourth-order valence-electron chi connectivity index (χ4n) is 1.67. The average molecular weight is 242 g/mol. The predicted molar refractivity (Wildman–Crippen MR) is 57.4 cm³/mol. The molecule has 0 bridgehead atoms. The van der Waals surface area contributed by atoms with E-state index in [0.717, 1.165) is 5.56 Å². The fraction of sp³-hybridized carbons (Fsp3) is 0.333. The number of hydrogen-bond acceptors (Lipinski definition) is 4. The van der Waals surface area contributed by atoms with Gasteiger partial charge in [0.15, 0.2) is 0 Å². The largest absolute Gasteiger partial charge is 0.269 e. The standard InChI is InChI=1S/C9H10N2O4S/c12-11(13)8-3-1-7(2-4-8)9-5-6-16(14,15)10-9/h1-4,9-10H,5-6H2. The predicted octanol–water partition coefficient (Wildman–Crippen LogP) is 0.959. The highest BCUT2D eigenvalue weighted by Gasteiger charge is 2.27. The van der Waals surface area contributed by atoms with Gasteiger partial charge in [-0.3, -0.25) is 10.1 Å². The average Bonchev–Trinajstić information content (AvgIpc) is 2.59. The summed E-state index contributed by atoms with van der Waals surface area (Å²) in [5.41, 5.74) is 0.760. The number of sulfonamides is 1. The lowest BCUT2D eigenvalue weighted by molar-refractivity contribution is -0.384. The third-order valence-electron chi connectivity index (χ3n) is 2.50. The first-order valence-corrected chi connectivity index (χ1v) is 6.37. The van der Waals surface area contributed by atoms with Crippen LogP contribution in [0.4, 0.5) is 5.69 Å². The second-order valence-corrected chi connectivity index (χ2v) is 5.50. The van der Waals surface area contributed by atoms with E-state index in [1.54, 1.807) is 12.1 Å². The van der Waals surface area contributed by atoms with E-state index in [1.807, 2.05) is 0 Å². The van der Waals surface area contributed by atoms with Gasteiger partial charge < -0.3 is 0 Å². The minimum atomic E-state index is -3.15. The van der Waals surface area contributed by atoms with Crippen molar-refractivity contribution < 1.29 is 13.3 Å². The number of nitro benzene ring substituents is 1. The van der Waals surface area contributed by atoms with E-state index in [9.17, 15) is 18.5 Å². The highest BCUT2D eigenvalue weighted by atomic mass is 32.2. The van der Waals surface area contributed by atoms with E-state index in [1.165, 1.54) is 12.1 Å². The first-order valence-electron chi connectivity index (χ1n) is 4.72. The summed E-state index contributed by atoms with van der Waals surface area (Å²) in [6.07, 6.45) is 0.500. The van der Waals surface area contributed by atoms with E-state index < -0.39 is 14.9 Å². The Labute approximate surface area is 92.5 Å². The molecule has 0 aromatic heterocycles. The van der Waals surface area contributed by atoms with Gasteiger partial charge in [-0.05, 0) is 12.0 Å². The molecule has 0 radical (unpaired) electrons. The lowest BCUT2D eigenvalue weighted by Crippen LogP contribution is -2.19. The molecule has 86 valence electrons. The Hall–Kier alpha value is -1.47. The van der Waals surface area contributed by atoms with Gasteiger partial charge in [-0.1, -0.05) is 12.1 Å². The van der Waals surface area contributed by atoms with Gasteiger partial charge in [0, 0.05) is 18.2 Å². The van der Waals surface area contributed by atoms with E-state index in [4.69, 9.17) is 0 Å². The molecule has 1 aromatic carbocycles. The van der Waals surface area contributed by atoms with Gasteiger partial charge in [0.05, 0.1) is 10.7 Å². The van der Waals surface area contributed by atoms with Crippen molar-refractivity contribution in [2.45, 2.75) is 12.5 Å². The van der Waals surface area contributed by atoms with Crippen molar-refractivity contribution in [3.05, 3.63) is 39.9 Å². The van der Waals surface area contributed by atoms with Crippen LogP contribution < -0.4 is 4.72 Å². The van der Waals surface area contributed by atoms with Crippen LogP contribution in [-0.4, -0.2) is 19.1 Å². The first-order chi connectivity index (χ1) is 7.48. The van der Waals surface area contributed by atoms with Crippen LogP contribution in [0.25, 0.3) is 0 Å². The number of nitro groups is 1. The van der Waals surface area contributed by atoms with Gasteiger partial charge in [0.2, 0.25) is 10.0 Å². The molecule has 7 heteroatoms. The molecule has 6 nitrogen and oxygen atoms in total. The van der Waals surface area contributed by atoms with Crippen molar-refractivity contribution in [3.8, 4) is 0 Å². The summed E-state index contributed by atoms with van der Waals surface area (Å²) in [5.74, 6) is 0.106. The first kappa shape index (κ1) is 11.0. The maximum atomic E-state index is 11.2. The van der Waals surface area contributed by atoms with Crippen molar-refractivity contribution in [1.82, 2.24) is 4.72 Å². The summed E-state index contributed by atoms with van der Waals surface area (Å²) in [4.78, 5) is 9.95. The summed E-state index contributed by atoms with van der Waals surface area (Å²) < 4.78 is 24.8. The van der Waals surface area contributed by atoms with Gasteiger partial charge in [-0.25, -0.2) is 13.1 Å². The SMILES string of the molecule is O=[N+]([O-])c1ccc(C2CCS(=O)(=O)N2)cc1. The molecule has 1 aromatic rings. The van der Waals surface area contributed by atoms with Gasteiger partial charge in [-0.15, -0.1) is 0 Å². The topological polar surface area (TPSA) is 89.3 Å². The summed E-state index contributed by atoms with van der Waals surface area (Å²) in [7, 11) is -3.15. The van der Waals surface area contributed by atoms with Gasteiger partial charge in [-0.2, -0.15) is 0 Å². The van der Waals surface area contributed by atoms with Crippen molar-refractivity contribution in [2.75, 3.05) is 5.75 Å². The summed E-state index contributed by atoms with van der Waals surface area (Å²) >= 11 is 0. The van der Waals surface area contributed by atoms with E-state index >= 15 is 0 Å². The number of hydrogen-bond donors (Lipinski definition) is 1. The number of non-ortho nitro benzene ring substituents is 1. The fourth-order valence-corrected chi connectivity index (χ4v) is 3.02.